The van der Waals surface area contributed by atoms with E-state index in [0.29, 0.717) is 12.5 Å². The van der Waals surface area contributed by atoms with E-state index in [1.165, 1.54) is 6.54 Å². The quantitative estimate of drug-likeness (QED) is 0.792. The monoisotopic (exact) mass is 297 g/mol. The highest BCUT2D eigenvalue weighted by molar-refractivity contribution is 5.78. The van der Waals surface area contributed by atoms with Crippen LogP contribution in [-0.4, -0.2) is 68.2 Å². The molecule has 1 amide bonds. The molecule has 5 heteroatoms. The number of rotatable bonds is 6. The van der Waals surface area contributed by atoms with Gasteiger partial charge in [-0.25, -0.2) is 0 Å². The van der Waals surface area contributed by atoms with Crippen LogP contribution in [0.5, 0.6) is 0 Å². The van der Waals surface area contributed by atoms with Crippen molar-refractivity contribution >= 4 is 5.91 Å². The fraction of sp³-hybridized carbons (Fsp3) is 0.938. The SMILES string of the molecule is CC(CCCN)C(=O)N1CCC(CN2CCOCC2)CC1. The molecule has 1 unspecified atom stereocenters. The van der Waals surface area contributed by atoms with Crippen molar-refractivity contribution in [2.45, 2.75) is 32.6 Å². The Morgan fingerprint density at radius 2 is 1.90 bits per heavy atom. The summed E-state index contributed by atoms with van der Waals surface area (Å²) in [7, 11) is 0. The zero-order valence-electron chi connectivity index (χ0n) is 13.4. The van der Waals surface area contributed by atoms with E-state index in [0.717, 1.165) is 71.0 Å². The molecule has 2 fully saturated rings. The molecule has 2 aliphatic heterocycles. The van der Waals surface area contributed by atoms with E-state index in [2.05, 4.69) is 9.80 Å². The average Bonchev–Trinajstić information content (AvgIpc) is 2.53. The maximum absolute atomic E-state index is 12.4. The van der Waals surface area contributed by atoms with Crippen molar-refractivity contribution in [3.63, 3.8) is 0 Å². The van der Waals surface area contributed by atoms with Gasteiger partial charge in [0.2, 0.25) is 5.91 Å². The fourth-order valence-electron chi connectivity index (χ4n) is 3.34. The summed E-state index contributed by atoms with van der Waals surface area (Å²) < 4.78 is 5.39. The van der Waals surface area contributed by atoms with Gasteiger partial charge in [-0.2, -0.15) is 0 Å². The van der Waals surface area contributed by atoms with Crippen molar-refractivity contribution in [2.75, 3.05) is 52.5 Å². The van der Waals surface area contributed by atoms with E-state index in [-0.39, 0.29) is 5.92 Å². The molecule has 0 spiro atoms. The molecule has 0 aromatic heterocycles. The molecule has 21 heavy (non-hydrogen) atoms. The molecule has 0 aromatic carbocycles. The molecule has 2 saturated heterocycles. The number of piperidine rings is 1. The van der Waals surface area contributed by atoms with Crippen molar-refractivity contribution < 1.29 is 9.53 Å². The molecular formula is C16H31N3O2. The molecule has 2 aliphatic rings. The smallest absolute Gasteiger partial charge is 0.225 e. The van der Waals surface area contributed by atoms with Gasteiger partial charge in [0.15, 0.2) is 0 Å². The second-order valence-electron chi connectivity index (χ2n) is 6.51. The Morgan fingerprint density at radius 3 is 2.52 bits per heavy atom. The third-order valence-corrected chi connectivity index (χ3v) is 4.81. The van der Waals surface area contributed by atoms with Gasteiger partial charge in [-0.05, 0) is 38.1 Å². The van der Waals surface area contributed by atoms with Crippen LogP contribution < -0.4 is 5.73 Å². The highest BCUT2D eigenvalue weighted by Crippen LogP contribution is 2.21. The topological polar surface area (TPSA) is 58.8 Å². The normalized spacial score (nSPS) is 23.2. The molecular weight excluding hydrogens is 266 g/mol. The molecule has 0 saturated carbocycles. The average molecular weight is 297 g/mol. The predicted molar refractivity (Wildman–Crippen MR) is 84.0 cm³/mol. The summed E-state index contributed by atoms with van der Waals surface area (Å²) in [5, 5.41) is 0. The summed E-state index contributed by atoms with van der Waals surface area (Å²) in [6.45, 7) is 9.63. The van der Waals surface area contributed by atoms with Gasteiger partial charge in [0.1, 0.15) is 0 Å². The van der Waals surface area contributed by atoms with E-state index in [1.54, 1.807) is 0 Å². The summed E-state index contributed by atoms with van der Waals surface area (Å²) in [4.78, 5) is 16.9. The second kappa shape index (κ2) is 8.71. The number of carbonyl (C=O) groups excluding carboxylic acids is 1. The Kier molecular flexibility index (Phi) is 6.93. The van der Waals surface area contributed by atoms with Gasteiger partial charge in [-0.1, -0.05) is 6.92 Å². The molecule has 0 radical (unpaired) electrons. The molecule has 5 nitrogen and oxygen atoms in total. The number of nitrogens with zero attached hydrogens (tertiary/aromatic N) is 2. The van der Waals surface area contributed by atoms with Crippen molar-refractivity contribution in [1.29, 1.82) is 0 Å². The van der Waals surface area contributed by atoms with Crippen LogP contribution in [0.1, 0.15) is 32.6 Å². The molecule has 2 rings (SSSR count). The highest BCUT2D eigenvalue weighted by Gasteiger charge is 2.27. The summed E-state index contributed by atoms with van der Waals surface area (Å²) in [6, 6.07) is 0. The maximum Gasteiger partial charge on any atom is 0.225 e. The number of hydrogen-bond acceptors (Lipinski definition) is 4. The predicted octanol–water partition coefficient (Wildman–Crippen LogP) is 0.932. The van der Waals surface area contributed by atoms with Crippen LogP contribution in [0.25, 0.3) is 0 Å². The minimum atomic E-state index is 0.129. The Labute approximate surface area is 128 Å². The largest absolute Gasteiger partial charge is 0.379 e. The first-order valence-corrected chi connectivity index (χ1v) is 8.49. The van der Waals surface area contributed by atoms with Crippen LogP contribution in [0.15, 0.2) is 0 Å². The van der Waals surface area contributed by atoms with E-state index < -0.39 is 0 Å². The van der Waals surface area contributed by atoms with E-state index in [1.807, 2.05) is 6.92 Å². The van der Waals surface area contributed by atoms with Crippen LogP contribution in [0.4, 0.5) is 0 Å². The third kappa shape index (κ3) is 5.24. The number of hydrogen-bond donors (Lipinski definition) is 1. The van der Waals surface area contributed by atoms with Crippen LogP contribution in [0, 0.1) is 11.8 Å². The van der Waals surface area contributed by atoms with E-state index in [9.17, 15) is 4.79 Å². The van der Waals surface area contributed by atoms with Gasteiger partial charge in [0, 0.05) is 38.6 Å². The Hall–Kier alpha value is -0.650. The zero-order valence-corrected chi connectivity index (χ0v) is 13.4. The lowest BCUT2D eigenvalue weighted by molar-refractivity contribution is -0.136. The minimum absolute atomic E-state index is 0.129. The second-order valence-corrected chi connectivity index (χ2v) is 6.51. The first-order valence-electron chi connectivity index (χ1n) is 8.49. The Morgan fingerprint density at radius 1 is 1.24 bits per heavy atom. The highest BCUT2D eigenvalue weighted by atomic mass is 16.5. The van der Waals surface area contributed by atoms with Gasteiger partial charge in [0.25, 0.3) is 0 Å². The standard InChI is InChI=1S/C16H31N3O2/c1-14(3-2-6-17)16(20)19-7-4-15(5-8-19)13-18-9-11-21-12-10-18/h14-15H,2-13,17H2,1H3. The lowest BCUT2D eigenvalue weighted by atomic mass is 9.94. The van der Waals surface area contributed by atoms with Crippen LogP contribution in [-0.2, 0) is 9.53 Å². The maximum atomic E-state index is 12.4. The Bertz CT molecular complexity index is 311. The molecule has 122 valence electrons. The first-order chi connectivity index (χ1) is 10.2. The molecule has 2 heterocycles. The summed E-state index contributed by atoms with van der Waals surface area (Å²) in [6.07, 6.45) is 4.16. The lowest BCUT2D eigenvalue weighted by Crippen LogP contribution is -2.45. The first kappa shape index (κ1) is 16.7. The van der Waals surface area contributed by atoms with Gasteiger partial charge in [-0.15, -0.1) is 0 Å². The van der Waals surface area contributed by atoms with Gasteiger partial charge in [-0.3, -0.25) is 9.69 Å². The molecule has 0 aromatic rings. The number of morpholine rings is 1. The lowest BCUT2D eigenvalue weighted by Gasteiger charge is -2.37. The number of nitrogens with two attached hydrogens (primary N) is 1. The number of ether oxygens (including phenoxy) is 1. The van der Waals surface area contributed by atoms with Crippen molar-refractivity contribution in [1.82, 2.24) is 9.80 Å². The van der Waals surface area contributed by atoms with Gasteiger partial charge in [0.05, 0.1) is 13.2 Å². The zero-order chi connectivity index (χ0) is 15.1. The van der Waals surface area contributed by atoms with Crippen LogP contribution in [0.3, 0.4) is 0 Å². The van der Waals surface area contributed by atoms with Gasteiger partial charge < -0.3 is 15.4 Å². The van der Waals surface area contributed by atoms with Crippen molar-refractivity contribution in [3.8, 4) is 0 Å². The summed E-state index contributed by atoms with van der Waals surface area (Å²) in [5.74, 6) is 1.20. The number of carbonyl (C=O) groups is 1. The molecule has 1 atom stereocenters. The summed E-state index contributed by atoms with van der Waals surface area (Å²) in [5.41, 5.74) is 5.52. The summed E-state index contributed by atoms with van der Waals surface area (Å²) >= 11 is 0. The fourth-order valence-corrected chi connectivity index (χ4v) is 3.34. The molecule has 0 bridgehead atoms. The number of likely N-dealkylation sites (tertiary alicyclic amines) is 1. The van der Waals surface area contributed by atoms with Gasteiger partial charge >= 0.3 is 0 Å². The van der Waals surface area contributed by atoms with E-state index in [4.69, 9.17) is 10.5 Å². The van der Waals surface area contributed by atoms with E-state index >= 15 is 0 Å². The van der Waals surface area contributed by atoms with Crippen molar-refractivity contribution in [3.05, 3.63) is 0 Å². The van der Waals surface area contributed by atoms with Crippen LogP contribution >= 0.6 is 0 Å². The molecule has 0 aliphatic carbocycles. The van der Waals surface area contributed by atoms with Crippen LogP contribution in [0.2, 0.25) is 0 Å². The Balaban J connectivity index is 1.68. The molecule has 2 N–H and O–H groups in total. The van der Waals surface area contributed by atoms with Crippen molar-refractivity contribution in [2.24, 2.45) is 17.6 Å². The minimum Gasteiger partial charge on any atom is -0.379 e. The third-order valence-electron chi connectivity index (χ3n) is 4.81. The number of amides is 1.